The number of amides is 2. The lowest BCUT2D eigenvalue weighted by Crippen LogP contribution is -2.45. The third-order valence-corrected chi connectivity index (χ3v) is 5.64. The van der Waals surface area contributed by atoms with Gasteiger partial charge >= 0.3 is 0 Å². The molecular formula is C20H29N3O4. The van der Waals surface area contributed by atoms with E-state index < -0.39 is 0 Å². The third-order valence-electron chi connectivity index (χ3n) is 5.64. The number of hydrogen-bond acceptors (Lipinski definition) is 4. The molecule has 1 saturated carbocycles. The lowest BCUT2D eigenvalue weighted by Gasteiger charge is -2.30. The SMILES string of the molecule is COc1cn2c(cc1=O)C(=O)N(CCNC(=O)CCC1CCCCC1)CC2. The van der Waals surface area contributed by atoms with Crippen molar-refractivity contribution in [1.82, 2.24) is 14.8 Å². The van der Waals surface area contributed by atoms with Crippen molar-refractivity contribution in [3.8, 4) is 5.75 Å². The van der Waals surface area contributed by atoms with E-state index in [1.165, 1.54) is 45.3 Å². The van der Waals surface area contributed by atoms with Crippen molar-refractivity contribution in [2.45, 2.75) is 51.5 Å². The molecule has 0 saturated heterocycles. The molecule has 2 heterocycles. The van der Waals surface area contributed by atoms with Gasteiger partial charge in [0.2, 0.25) is 11.3 Å². The summed E-state index contributed by atoms with van der Waals surface area (Å²) in [6, 6.07) is 1.33. The predicted octanol–water partition coefficient (Wildman–Crippen LogP) is 1.79. The van der Waals surface area contributed by atoms with Crippen molar-refractivity contribution >= 4 is 11.8 Å². The van der Waals surface area contributed by atoms with Gasteiger partial charge in [0.05, 0.1) is 13.3 Å². The highest BCUT2D eigenvalue weighted by Gasteiger charge is 2.25. The van der Waals surface area contributed by atoms with Gasteiger partial charge in [-0.25, -0.2) is 0 Å². The molecule has 2 amide bonds. The van der Waals surface area contributed by atoms with Gasteiger partial charge < -0.3 is 19.5 Å². The summed E-state index contributed by atoms with van der Waals surface area (Å²) >= 11 is 0. The Kier molecular flexibility index (Phi) is 6.53. The summed E-state index contributed by atoms with van der Waals surface area (Å²) in [5.41, 5.74) is 0.0747. The highest BCUT2D eigenvalue weighted by atomic mass is 16.5. The van der Waals surface area contributed by atoms with E-state index in [1.54, 1.807) is 15.7 Å². The summed E-state index contributed by atoms with van der Waals surface area (Å²) in [6.45, 7) is 2.05. The molecule has 1 fully saturated rings. The zero-order valence-corrected chi connectivity index (χ0v) is 16.0. The van der Waals surface area contributed by atoms with Crippen LogP contribution in [-0.4, -0.2) is 48.0 Å². The van der Waals surface area contributed by atoms with Gasteiger partial charge in [-0.3, -0.25) is 14.4 Å². The smallest absolute Gasteiger partial charge is 0.270 e. The highest BCUT2D eigenvalue weighted by molar-refractivity contribution is 5.93. The van der Waals surface area contributed by atoms with Crippen LogP contribution in [0.15, 0.2) is 17.1 Å². The molecule has 27 heavy (non-hydrogen) atoms. The van der Waals surface area contributed by atoms with E-state index in [-0.39, 0.29) is 23.0 Å². The van der Waals surface area contributed by atoms with Crippen molar-refractivity contribution in [2.75, 3.05) is 26.7 Å². The molecule has 1 aromatic rings. The van der Waals surface area contributed by atoms with Crippen molar-refractivity contribution in [2.24, 2.45) is 5.92 Å². The number of nitrogens with zero attached hydrogens (tertiary/aromatic N) is 2. The van der Waals surface area contributed by atoms with Crippen LogP contribution < -0.4 is 15.5 Å². The maximum atomic E-state index is 12.6. The minimum Gasteiger partial charge on any atom is -0.491 e. The highest BCUT2D eigenvalue weighted by Crippen LogP contribution is 2.27. The second-order valence-corrected chi connectivity index (χ2v) is 7.47. The first kappa shape index (κ1) is 19.5. The Morgan fingerprint density at radius 1 is 1.22 bits per heavy atom. The van der Waals surface area contributed by atoms with Crippen LogP contribution in [0.1, 0.15) is 55.4 Å². The van der Waals surface area contributed by atoms with E-state index in [2.05, 4.69) is 5.32 Å². The van der Waals surface area contributed by atoms with E-state index in [1.807, 2.05) is 0 Å². The minimum atomic E-state index is -0.296. The monoisotopic (exact) mass is 375 g/mol. The van der Waals surface area contributed by atoms with Gasteiger partial charge in [-0.2, -0.15) is 0 Å². The molecule has 1 aliphatic heterocycles. The number of nitrogens with one attached hydrogen (secondary N) is 1. The lowest BCUT2D eigenvalue weighted by molar-refractivity contribution is -0.121. The minimum absolute atomic E-state index is 0.0615. The van der Waals surface area contributed by atoms with Crippen LogP contribution in [-0.2, 0) is 11.3 Å². The topological polar surface area (TPSA) is 80.6 Å². The normalized spacial score (nSPS) is 17.5. The summed E-state index contributed by atoms with van der Waals surface area (Å²) < 4.78 is 6.78. The first-order valence-electron chi connectivity index (χ1n) is 9.93. The second-order valence-electron chi connectivity index (χ2n) is 7.47. The van der Waals surface area contributed by atoms with Gasteiger partial charge in [0.25, 0.3) is 5.91 Å². The summed E-state index contributed by atoms with van der Waals surface area (Å²) in [5.74, 6) is 0.814. The average Bonchev–Trinajstić information content (AvgIpc) is 2.69. The van der Waals surface area contributed by atoms with Gasteiger partial charge in [0, 0.05) is 38.7 Å². The molecule has 148 valence electrons. The largest absolute Gasteiger partial charge is 0.491 e. The van der Waals surface area contributed by atoms with E-state index in [4.69, 9.17) is 4.74 Å². The Morgan fingerprint density at radius 3 is 2.74 bits per heavy atom. The van der Waals surface area contributed by atoms with Gasteiger partial charge in [-0.05, 0) is 12.3 Å². The Bertz CT molecular complexity index is 737. The van der Waals surface area contributed by atoms with E-state index >= 15 is 0 Å². The fraction of sp³-hybridized carbons (Fsp3) is 0.650. The first-order chi connectivity index (χ1) is 13.1. The molecule has 7 heteroatoms. The van der Waals surface area contributed by atoms with Crippen molar-refractivity contribution in [3.05, 3.63) is 28.2 Å². The molecule has 1 N–H and O–H groups in total. The number of rotatable bonds is 7. The van der Waals surface area contributed by atoms with Gasteiger partial charge in [0.15, 0.2) is 5.75 Å². The number of carbonyl (C=O) groups is 2. The number of fused-ring (bicyclic) bond motifs is 1. The Balaban J connectivity index is 1.45. The van der Waals surface area contributed by atoms with Crippen LogP contribution in [0.2, 0.25) is 0 Å². The molecule has 0 atom stereocenters. The number of aromatic nitrogens is 1. The molecule has 1 aliphatic carbocycles. The Labute approximate surface area is 159 Å². The van der Waals surface area contributed by atoms with E-state index in [9.17, 15) is 14.4 Å². The standard InChI is InChI=1S/C20H29N3O4/c1-27-18-14-23-12-11-22(20(26)16(23)13-17(18)24)10-9-21-19(25)8-7-15-5-3-2-4-6-15/h13-15H,2-12H2,1H3,(H,21,25). The second kappa shape index (κ2) is 9.06. The fourth-order valence-corrected chi connectivity index (χ4v) is 4.01. The summed E-state index contributed by atoms with van der Waals surface area (Å²) in [7, 11) is 1.44. The van der Waals surface area contributed by atoms with Crippen LogP contribution in [0.3, 0.4) is 0 Å². The molecule has 7 nitrogen and oxygen atoms in total. The van der Waals surface area contributed by atoms with Crippen LogP contribution in [0.4, 0.5) is 0 Å². The van der Waals surface area contributed by atoms with Crippen LogP contribution in [0, 0.1) is 5.92 Å². The van der Waals surface area contributed by atoms with Crippen LogP contribution in [0.5, 0.6) is 5.75 Å². The van der Waals surface area contributed by atoms with Crippen LogP contribution in [0.25, 0.3) is 0 Å². The number of carbonyl (C=O) groups excluding carboxylic acids is 2. The van der Waals surface area contributed by atoms with Crippen molar-refractivity contribution < 1.29 is 14.3 Å². The zero-order chi connectivity index (χ0) is 19.2. The molecule has 0 bridgehead atoms. The van der Waals surface area contributed by atoms with Gasteiger partial charge in [-0.1, -0.05) is 32.1 Å². The molecule has 2 aliphatic rings. The van der Waals surface area contributed by atoms with Crippen molar-refractivity contribution in [3.63, 3.8) is 0 Å². The number of pyridine rings is 1. The summed E-state index contributed by atoms with van der Waals surface area (Å²) in [6.07, 6.45) is 9.52. The number of methoxy groups -OCH3 is 1. The van der Waals surface area contributed by atoms with Crippen molar-refractivity contribution in [1.29, 1.82) is 0 Å². The predicted molar refractivity (Wildman–Crippen MR) is 102 cm³/mol. The molecule has 3 rings (SSSR count). The Hall–Kier alpha value is -2.31. The van der Waals surface area contributed by atoms with Gasteiger partial charge in [0.1, 0.15) is 5.69 Å². The summed E-state index contributed by atoms with van der Waals surface area (Å²) in [5, 5.41) is 2.92. The van der Waals surface area contributed by atoms with Crippen LogP contribution >= 0.6 is 0 Å². The molecule has 1 aromatic heterocycles. The molecule has 0 radical (unpaired) electrons. The van der Waals surface area contributed by atoms with E-state index in [0.29, 0.717) is 44.2 Å². The first-order valence-corrected chi connectivity index (χ1v) is 9.93. The molecule has 0 unspecified atom stereocenters. The molecular weight excluding hydrogens is 346 g/mol. The zero-order valence-electron chi connectivity index (χ0n) is 16.0. The average molecular weight is 375 g/mol. The maximum absolute atomic E-state index is 12.6. The quantitative estimate of drug-likeness (QED) is 0.788. The molecule has 0 spiro atoms. The molecule has 0 aromatic carbocycles. The third kappa shape index (κ3) is 4.90. The summed E-state index contributed by atoms with van der Waals surface area (Å²) in [4.78, 5) is 38.2. The number of ether oxygens (including phenoxy) is 1. The fourth-order valence-electron chi connectivity index (χ4n) is 4.01. The van der Waals surface area contributed by atoms with E-state index in [0.717, 1.165) is 6.42 Å². The maximum Gasteiger partial charge on any atom is 0.270 e. The lowest BCUT2D eigenvalue weighted by atomic mass is 9.86. The van der Waals surface area contributed by atoms with Gasteiger partial charge in [-0.15, -0.1) is 0 Å². The Morgan fingerprint density at radius 2 is 2.00 bits per heavy atom. The number of hydrogen-bond donors (Lipinski definition) is 1.